The smallest absolute Gasteiger partial charge is 0.169 e. The molecule has 1 aliphatic carbocycles. The monoisotopic (exact) mass is 240 g/mol. The van der Waals surface area contributed by atoms with Crippen molar-refractivity contribution < 1.29 is 0 Å². The fraction of sp³-hybridized carbons (Fsp3) is 0.545. The summed E-state index contributed by atoms with van der Waals surface area (Å²) in [7, 11) is 2.06. The van der Waals surface area contributed by atoms with Crippen molar-refractivity contribution in [2.24, 2.45) is 0 Å². The molecule has 1 aromatic rings. The minimum Gasteiger partial charge on any atom is -0.360 e. The molecule has 0 amide bonds. The molecule has 1 N–H and O–H groups in total. The topological polar surface area (TPSA) is 15.3 Å². The summed E-state index contributed by atoms with van der Waals surface area (Å²) in [5, 5.41) is 6.34. The van der Waals surface area contributed by atoms with E-state index in [-0.39, 0.29) is 0 Å². The van der Waals surface area contributed by atoms with Gasteiger partial charge in [0.2, 0.25) is 0 Å². The number of hydrogen-bond acceptors (Lipinski definition) is 2. The summed E-state index contributed by atoms with van der Waals surface area (Å²) in [6.07, 6.45) is 2.53. The van der Waals surface area contributed by atoms with Crippen molar-refractivity contribution in [2.45, 2.75) is 31.8 Å². The number of nitrogens with one attached hydrogen (secondary N) is 1. The van der Waals surface area contributed by atoms with Crippen molar-refractivity contribution in [2.75, 3.05) is 7.05 Å². The van der Waals surface area contributed by atoms with Crippen LogP contribution in [0.5, 0.6) is 0 Å². The highest BCUT2D eigenvalue weighted by Crippen LogP contribution is 2.24. The molecule has 0 aromatic carbocycles. The SMILES string of the molecule is CC(c1cccs1)N(C)C(=S)NC1CC1. The van der Waals surface area contributed by atoms with Gasteiger partial charge in [-0.25, -0.2) is 0 Å². The van der Waals surface area contributed by atoms with Gasteiger partial charge in [0.1, 0.15) is 0 Å². The number of thiocarbonyl (C=S) groups is 1. The van der Waals surface area contributed by atoms with Crippen molar-refractivity contribution >= 4 is 28.7 Å². The summed E-state index contributed by atoms with van der Waals surface area (Å²) in [4.78, 5) is 3.50. The molecule has 0 spiro atoms. The zero-order chi connectivity index (χ0) is 10.8. The summed E-state index contributed by atoms with van der Waals surface area (Å²) in [6.45, 7) is 2.19. The lowest BCUT2D eigenvalue weighted by molar-refractivity contribution is 0.400. The lowest BCUT2D eigenvalue weighted by Crippen LogP contribution is -2.39. The van der Waals surface area contributed by atoms with Gasteiger partial charge in [0, 0.05) is 18.0 Å². The van der Waals surface area contributed by atoms with Crippen LogP contribution in [0, 0.1) is 0 Å². The molecule has 0 bridgehead atoms. The van der Waals surface area contributed by atoms with E-state index in [1.165, 1.54) is 17.7 Å². The van der Waals surface area contributed by atoms with Crippen LogP contribution in [0.15, 0.2) is 17.5 Å². The van der Waals surface area contributed by atoms with E-state index in [1.807, 2.05) is 0 Å². The first kappa shape index (κ1) is 10.9. The average Bonchev–Trinajstić information content (AvgIpc) is 2.86. The van der Waals surface area contributed by atoms with Crippen LogP contribution in [-0.4, -0.2) is 23.1 Å². The standard InChI is InChI=1S/C11H16N2S2/c1-8(10-4-3-7-15-10)13(2)11(14)12-9-5-6-9/h3-4,7-9H,5-6H2,1-2H3,(H,12,14). The maximum atomic E-state index is 5.36. The fourth-order valence-electron chi connectivity index (χ4n) is 1.40. The van der Waals surface area contributed by atoms with E-state index in [0.29, 0.717) is 12.1 Å². The second-order valence-corrected chi connectivity index (χ2v) is 5.39. The van der Waals surface area contributed by atoms with Crippen LogP contribution in [0.25, 0.3) is 0 Å². The molecule has 0 radical (unpaired) electrons. The van der Waals surface area contributed by atoms with Gasteiger partial charge in [0.05, 0.1) is 6.04 Å². The van der Waals surface area contributed by atoms with Crippen LogP contribution in [0.4, 0.5) is 0 Å². The number of hydrogen-bond donors (Lipinski definition) is 1. The van der Waals surface area contributed by atoms with Crippen molar-refractivity contribution in [1.82, 2.24) is 10.2 Å². The van der Waals surface area contributed by atoms with E-state index >= 15 is 0 Å². The first-order valence-electron chi connectivity index (χ1n) is 5.25. The van der Waals surface area contributed by atoms with Gasteiger partial charge in [0.15, 0.2) is 5.11 Å². The molecule has 4 heteroatoms. The fourth-order valence-corrected chi connectivity index (χ4v) is 2.55. The van der Waals surface area contributed by atoms with Gasteiger partial charge in [-0.3, -0.25) is 0 Å². The van der Waals surface area contributed by atoms with Crippen LogP contribution in [0.1, 0.15) is 30.7 Å². The molecule has 1 atom stereocenters. The quantitative estimate of drug-likeness (QED) is 0.818. The molecule has 1 saturated carbocycles. The zero-order valence-electron chi connectivity index (χ0n) is 9.06. The second kappa shape index (κ2) is 4.49. The Morgan fingerprint density at radius 3 is 2.93 bits per heavy atom. The third-order valence-electron chi connectivity index (χ3n) is 2.76. The van der Waals surface area contributed by atoms with Gasteiger partial charge < -0.3 is 10.2 Å². The zero-order valence-corrected chi connectivity index (χ0v) is 10.7. The van der Waals surface area contributed by atoms with Crippen LogP contribution in [-0.2, 0) is 0 Å². The summed E-state index contributed by atoms with van der Waals surface area (Å²) < 4.78 is 0. The van der Waals surface area contributed by atoms with E-state index in [4.69, 9.17) is 12.2 Å². The molecule has 1 heterocycles. The Balaban J connectivity index is 1.93. The molecule has 0 aliphatic heterocycles. The molecule has 2 rings (SSSR count). The van der Waals surface area contributed by atoms with E-state index in [1.54, 1.807) is 11.3 Å². The predicted octanol–water partition coefficient (Wildman–Crippen LogP) is 2.78. The van der Waals surface area contributed by atoms with Crippen LogP contribution < -0.4 is 5.32 Å². The first-order valence-corrected chi connectivity index (χ1v) is 6.54. The van der Waals surface area contributed by atoms with Crippen LogP contribution >= 0.6 is 23.6 Å². The van der Waals surface area contributed by atoms with Crippen molar-refractivity contribution in [3.05, 3.63) is 22.4 Å². The van der Waals surface area contributed by atoms with Crippen molar-refractivity contribution in [3.8, 4) is 0 Å². The highest BCUT2D eigenvalue weighted by atomic mass is 32.1. The third-order valence-corrected chi connectivity index (χ3v) is 4.21. The molecule has 1 aromatic heterocycles. The largest absolute Gasteiger partial charge is 0.360 e. The maximum Gasteiger partial charge on any atom is 0.169 e. The molecular formula is C11H16N2S2. The summed E-state index contributed by atoms with van der Waals surface area (Å²) >= 11 is 7.14. The molecule has 82 valence electrons. The van der Waals surface area contributed by atoms with Gasteiger partial charge in [0.25, 0.3) is 0 Å². The lowest BCUT2D eigenvalue weighted by Gasteiger charge is -2.27. The molecule has 1 unspecified atom stereocenters. The van der Waals surface area contributed by atoms with Crippen LogP contribution in [0.3, 0.4) is 0 Å². The summed E-state index contributed by atoms with van der Waals surface area (Å²) in [6, 6.07) is 5.24. The Kier molecular flexibility index (Phi) is 3.26. The predicted molar refractivity (Wildman–Crippen MR) is 69.3 cm³/mol. The second-order valence-electron chi connectivity index (χ2n) is 4.03. The minimum atomic E-state index is 0.365. The average molecular weight is 240 g/mol. The summed E-state index contributed by atoms with van der Waals surface area (Å²) in [5.74, 6) is 0. The first-order chi connectivity index (χ1) is 7.18. The van der Waals surface area contributed by atoms with Crippen molar-refractivity contribution in [1.29, 1.82) is 0 Å². The Labute approximate surface area is 100 Å². The van der Waals surface area contributed by atoms with Crippen LogP contribution in [0.2, 0.25) is 0 Å². The van der Waals surface area contributed by atoms with E-state index < -0.39 is 0 Å². The number of rotatable bonds is 3. The lowest BCUT2D eigenvalue weighted by atomic mass is 10.2. The maximum absolute atomic E-state index is 5.36. The minimum absolute atomic E-state index is 0.365. The Hall–Kier alpha value is -0.610. The number of nitrogens with zero attached hydrogens (tertiary/aromatic N) is 1. The summed E-state index contributed by atoms with van der Waals surface area (Å²) in [5.41, 5.74) is 0. The highest BCUT2D eigenvalue weighted by molar-refractivity contribution is 7.80. The molecule has 2 nitrogen and oxygen atoms in total. The Bertz CT molecular complexity index is 330. The van der Waals surface area contributed by atoms with E-state index in [2.05, 4.69) is 41.7 Å². The van der Waals surface area contributed by atoms with Gasteiger partial charge >= 0.3 is 0 Å². The molecule has 1 fully saturated rings. The van der Waals surface area contributed by atoms with Gasteiger partial charge in [-0.15, -0.1) is 11.3 Å². The molecule has 15 heavy (non-hydrogen) atoms. The Morgan fingerprint density at radius 1 is 1.67 bits per heavy atom. The molecule has 0 saturated heterocycles. The molecular weight excluding hydrogens is 224 g/mol. The normalized spacial score (nSPS) is 17.2. The Morgan fingerprint density at radius 2 is 2.40 bits per heavy atom. The number of thiophene rings is 1. The van der Waals surface area contributed by atoms with E-state index in [0.717, 1.165) is 5.11 Å². The van der Waals surface area contributed by atoms with Gasteiger partial charge in [-0.1, -0.05) is 6.07 Å². The van der Waals surface area contributed by atoms with Gasteiger partial charge in [-0.2, -0.15) is 0 Å². The molecule has 1 aliphatic rings. The third kappa shape index (κ3) is 2.69. The van der Waals surface area contributed by atoms with Crippen molar-refractivity contribution in [3.63, 3.8) is 0 Å². The van der Waals surface area contributed by atoms with E-state index in [9.17, 15) is 0 Å². The van der Waals surface area contributed by atoms with Gasteiger partial charge in [-0.05, 0) is 43.4 Å². The highest BCUT2D eigenvalue weighted by Gasteiger charge is 2.24.